The Labute approximate surface area is 94.4 Å². The second-order valence-corrected chi connectivity index (χ2v) is 5.26. The van der Waals surface area contributed by atoms with Crippen molar-refractivity contribution >= 4 is 0 Å². The molecule has 0 spiro atoms. The fraction of sp³-hybridized carbons (Fsp3) is 1.00. The molecule has 1 aliphatic rings. The van der Waals surface area contributed by atoms with Gasteiger partial charge in [0, 0.05) is 12.6 Å². The summed E-state index contributed by atoms with van der Waals surface area (Å²) >= 11 is 0. The average molecular weight is 239 g/mol. The molecular weight excluding hydrogens is 219 g/mol. The number of halogens is 3. The number of hydrogen-bond acceptors (Lipinski definition) is 2. The van der Waals surface area contributed by atoms with E-state index in [0.29, 0.717) is 0 Å². The predicted molar refractivity (Wildman–Crippen MR) is 56.1 cm³/mol. The second-order valence-electron chi connectivity index (χ2n) is 5.26. The summed E-state index contributed by atoms with van der Waals surface area (Å²) in [6.45, 7) is 4.41. The summed E-state index contributed by atoms with van der Waals surface area (Å²) in [7, 11) is 0. The van der Waals surface area contributed by atoms with Crippen molar-refractivity contribution in [2.45, 2.75) is 51.4 Å². The Bertz CT molecular complexity index is 234. The minimum Gasteiger partial charge on any atom is -0.389 e. The Balaban J connectivity index is 2.58. The van der Waals surface area contributed by atoms with E-state index in [1.54, 1.807) is 6.92 Å². The van der Waals surface area contributed by atoms with Gasteiger partial charge in [0.2, 0.25) is 0 Å². The van der Waals surface area contributed by atoms with Gasteiger partial charge in [-0.1, -0.05) is 13.8 Å². The molecule has 2 nitrogen and oxygen atoms in total. The highest BCUT2D eigenvalue weighted by Crippen LogP contribution is 2.32. The summed E-state index contributed by atoms with van der Waals surface area (Å²) in [6.07, 6.45) is -2.57. The molecule has 1 atom stereocenters. The maximum atomic E-state index is 12.3. The lowest BCUT2D eigenvalue weighted by Gasteiger charge is -2.34. The number of alkyl halides is 3. The Hall–Kier alpha value is -0.290. The van der Waals surface area contributed by atoms with E-state index in [9.17, 15) is 18.3 Å². The quantitative estimate of drug-likeness (QED) is 0.796. The first-order chi connectivity index (χ1) is 7.12. The molecule has 0 aromatic carbocycles. The molecule has 0 aromatic rings. The van der Waals surface area contributed by atoms with E-state index < -0.39 is 18.3 Å². The predicted octanol–water partition coefficient (Wildman–Crippen LogP) is 2.42. The minimum atomic E-state index is -4.18. The SMILES string of the molecule is CC(C)C(C)(O)CN(CC(F)(F)F)C1CC1. The number of aliphatic hydroxyl groups is 1. The van der Waals surface area contributed by atoms with Crippen molar-refractivity contribution in [3.8, 4) is 0 Å². The number of nitrogens with zero attached hydrogens (tertiary/aromatic N) is 1. The molecule has 96 valence electrons. The van der Waals surface area contributed by atoms with Crippen molar-refractivity contribution in [2.24, 2.45) is 5.92 Å². The fourth-order valence-corrected chi connectivity index (χ4v) is 1.58. The monoisotopic (exact) mass is 239 g/mol. The van der Waals surface area contributed by atoms with E-state index in [-0.39, 0.29) is 18.5 Å². The first-order valence-corrected chi connectivity index (χ1v) is 5.65. The van der Waals surface area contributed by atoms with Crippen LogP contribution in [0.15, 0.2) is 0 Å². The van der Waals surface area contributed by atoms with E-state index >= 15 is 0 Å². The molecule has 1 fully saturated rings. The second kappa shape index (κ2) is 4.53. The topological polar surface area (TPSA) is 23.5 Å². The van der Waals surface area contributed by atoms with Crippen molar-refractivity contribution in [1.82, 2.24) is 4.90 Å². The lowest BCUT2D eigenvalue weighted by molar-refractivity contribution is -0.155. The molecule has 0 saturated heterocycles. The van der Waals surface area contributed by atoms with Crippen molar-refractivity contribution in [2.75, 3.05) is 13.1 Å². The van der Waals surface area contributed by atoms with Gasteiger partial charge < -0.3 is 5.11 Å². The molecule has 0 bridgehead atoms. The van der Waals surface area contributed by atoms with Crippen molar-refractivity contribution in [3.05, 3.63) is 0 Å². The van der Waals surface area contributed by atoms with Gasteiger partial charge in [-0.25, -0.2) is 0 Å². The van der Waals surface area contributed by atoms with Gasteiger partial charge >= 0.3 is 6.18 Å². The third-order valence-corrected chi connectivity index (χ3v) is 3.21. The highest BCUT2D eigenvalue weighted by Gasteiger charge is 2.41. The molecule has 5 heteroatoms. The molecule has 0 heterocycles. The van der Waals surface area contributed by atoms with E-state index in [2.05, 4.69) is 0 Å². The van der Waals surface area contributed by atoms with E-state index in [1.807, 2.05) is 13.8 Å². The van der Waals surface area contributed by atoms with Gasteiger partial charge in [0.15, 0.2) is 0 Å². The molecule has 1 saturated carbocycles. The highest BCUT2D eigenvalue weighted by molar-refractivity contribution is 4.90. The standard InChI is InChI=1S/C11H20F3NO/c1-8(2)10(3,16)6-15(9-4-5-9)7-11(12,13)14/h8-9,16H,4-7H2,1-3H3. The number of hydrogen-bond donors (Lipinski definition) is 1. The lowest BCUT2D eigenvalue weighted by Crippen LogP contribution is -2.48. The molecule has 1 N–H and O–H groups in total. The van der Waals surface area contributed by atoms with Gasteiger partial charge in [-0.15, -0.1) is 0 Å². The summed E-state index contributed by atoms with van der Waals surface area (Å²) in [4.78, 5) is 1.36. The Morgan fingerprint density at radius 3 is 2.06 bits per heavy atom. The van der Waals surface area contributed by atoms with Crippen LogP contribution in [0.25, 0.3) is 0 Å². The summed E-state index contributed by atoms with van der Waals surface area (Å²) < 4.78 is 37.0. The van der Waals surface area contributed by atoms with E-state index in [0.717, 1.165) is 12.8 Å². The van der Waals surface area contributed by atoms with Gasteiger partial charge in [-0.3, -0.25) is 4.90 Å². The Morgan fingerprint density at radius 2 is 1.75 bits per heavy atom. The summed E-state index contributed by atoms with van der Waals surface area (Å²) in [6, 6.07) is 0.00634. The van der Waals surface area contributed by atoms with Crippen LogP contribution < -0.4 is 0 Å². The molecule has 1 unspecified atom stereocenters. The normalized spacial score (nSPS) is 21.6. The zero-order valence-electron chi connectivity index (χ0n) is 10.0. The van der Waals surface area contributed by atoms with Crippen molar-refractivity contribution in [3.63, 3.8) is 0 Å². The van der Waals surface area contributed by atoms with Crippen molar-refractivity contribution < 1.29 is 18.3 Å². The van der Waals surface area contributed by atoms with Crippen LogP contribution in [0.1, 0.15) is 33.6 Å². The maximum Gasteiger partial charge on any atom is 0.401 e. The molecule has 0 radical (unpaired) electrons. The van der Waals surface area contributed by atoms with Gasteiger partial charge in [-0.2, -0.15) is 13.2 Å². The van der Waals surface area contributed by atoms with Crippen LogP contribution in [-0.4, -0.2) is 40.9 Å². The van der Waals surface area contributed by atoms with Crippen LogP contribution in [0.3, 0.4) is 0 Å². The summed E-state index contributed by atoms with van der Waals surface area (Å²) in [5.74, 6) is -0.0537. The van der Waals surface area contributed by atoms with Crippen LogP contribution in [-0.2, 0) is 0 Å². The van der Waals surface area contributed by atoms with E-state index in [1.165, 1.54) is 4.90 Å². The molecule has 1 rings (SSSR count). The lowest BCUT2D eigenvalue weighted by atomic mass is 9.92. The largest absolute Gasteiger partial charge is 0.401 e. The molecule has 0 amide bonds. The maximum absolute atomic E-state index is 12.3. The van der Waals surface area contributed by atoms with Crippen LogP contribution in [0.4, 0.5) is 13.2 Å². The molecule has 1 aliphatic carbocycles. The Kier molecular flexibility index (Phi) is 3.90. The highest BCUT2D eigenvalue weighted by atomic mass is 19.4. The third kappa shape index (κ3) is 4.29. The van der Waals surface area contributed by atoms with E-state index in [4.69, 9.17) is 0 Å². The van der Waals surface area contributed by atoms with Crippen LogP contribution in [0.2, 0.25) is 0 Å². The van der Waals surface area contributed by atoms with Crippen LogP contribution in [0.5, 0.6) is 0 Å². The first kappa shape index (κ1) is 13.8. The van der Waals surface area contributed by atoms with Crippen molar-refractivity contribution in [1.29, 1.82) is 0 Å². The molecule has 0 aliphatic heterocycles. The van der Waals surface area contributed by atoms with Gasteiger partial charge in [-0.05, 0) is 25.7 Å². The van der Waals surface area contributed by atoms with Crippen LogP contribution >= 0.6 is 0 Å². The first-order valence-electron chi connectivity index (χ1n) is 5.65. The molecule has 16 heavy (non-hydrogen) atoms. The number of rotatable bonds is 5. The minimum absolute atomic E-state index is 0.00634. The smallest absolute Gasteiger partial charge is 0.389 e. The fourth-order valence-electron chi connectivity index (χ4n) is 1.58. The zero-order chi connectivity index (χ0) is 12.6. The zero-order valence-corrected chi connectivity index (χ0v) is 10.0. The summed E-state index contributed by atoms with van der Waals surface area (Å²) in [5.41, 5.74) is -1.06. The average Bonchev–Trinajstić information content (AvgIpc) is 2.80. The summed E-state index contributed by atoms with van der Waals surface area (Å²) in [5, 5.41) is 10.0. The van der Waals surface area contributed by atoms with Gasteiger partial charge in [0.25, 0.3) is 0 Å². The molecular formula is C11H20F3NO. The molecule has 0 aromatic heterocycles. The van der Waals surface area contributed by atoms with Crippen LogP contribution in [0, 0.1) is 5.92 Å². The Morgan fingerprint density at radius 1 is 1.25 bits per heavy atom. The van der Waals surface area contributed by atoms with Gasteiger partial charge in [0.05, 0.1) is 12.1 Å². The third-order valence-electron chi connectivity index (χ3n) is 3.21. The van der Waals surface area contributed by atoms with Gasteiger partial charge in [0.1, 0.15) is 0 Å².